The molecule has 6 heteroatoms. The molecule has 0 aromatic rings. The van der Waals surface area contributed by atoms with E-state index < -0.39 is 11.9 Å². The first-order chi connectivity index (χ1) is 2.64. The average Bonchev–Trinajstić information content (AvgIpc) is 1.36. The van der Waals surface area contributed by atoms with Crippen molar-refractivity contribution < 1.29 is 61.5 Å². The molecule has 0 radical (unpaired) electrons. The van der Waals surface area contributed by atoms with Gasteiger partial charge in [0.2, 0.25) is 0 Å². The maximum Gasteiger partial charge on any atom is 2.00 e. The van der Waals surface area contributed by atoms with E-state index in [9.17, 15) is 0 Å². The zero-order valence-electron chi connectivity index (χ0n) is 3.84. The largest absolute Gasteiger partial charge is 2.00 e. The fourth-order valence-electron chi connectivity index (χ4n) is 0. The number of carboxylic acids is 2. The molecule has 0 fully saturated rings. The van der Waals surface area contributed by atoms with E-state index in [2.05, 4.69) is 0 Å². The third-order valence-electron chi connectivity index (χ3n) is 0.167. The van der Waals surface area contributed by atoms with Crippen molar-refractivity contribution >= 4 is 49.7 Å². The van der Waals surface area contributed by atoms with Crippen molar-refractivity contribution in [2.45, 2.75) is 0 Å². The van der Waals surface area contributed by atoms with Crippen LogP contribution in [0.3, 0.4) is 0 Å². The molecular formula is C2CaCeO4. The first-order valence-corrected chi connectivity index (χ1v) is 1.07. The third-order valence-corrected chi connectivity index (χ3v) is 0.167. The molecule has 8 heavy (non-hydrogen) atoms. The predicted octanol–water partition coefficient (Wildman–Crippen LogP) is -3.89. The minimum atomic E-state index is -2.19. The molecule has 0 rings (SSSR count). The Bertz CT molecular complexity index is 80.0. The summed E-state index contributed by atoms with van der Waals surface area (Å²) in [6, 6.07) is 0. The summed E-state index contributed by atoms with van der Waals surface area (Å²) in [4.78, 5) is 17.9. The third kappa shape index (κ3) is 10.5. The smallest absolute Gasteiger partial charge is 0.543 e. The van der Waals surface area contributed by atoms with E-state index >= 15 is 0 Å². The molecule has 0 aromatic heterocycles. The normalized spacial score (nSPS) is 5.50. The number of carboxylic acid groups (broad SMARTS) is 2. The summed E-state index contributed by atoms with van der Waals surface area (Å²) >= 11 is 0. The van der Waals surface area contributed by atoms with Crippen LogP contribution >= 0.6 is 0 Å². The van der Waals surface area contributed by atoms with Crippen LogP contribution in [0.2, 0.25) is 0 Å². The van der Waals surface area contributed by atoms with Gasteiger partial charge in [0.1, 0.15) is 0 Å². The number of carbonyl (C=O) groups excluding carboxylic acids is 2. The van der Waals surface area contributed by atoms with E-state index in [4.69, 9.17) is 19.8 Å². The molecule has 0 unspecified atom stereocenters. The van der Waals surface area contributed by atoms with Crippen LogP contribution in [0.5, 0.6) is 0 Å². The quantitative estimate of drug-likeness (QED) is 0.332. The van der Waals surface area contributed by atoms with Gasteiger partial charge in [-0.15, -0.1) is 0 Å². The zero-order valence-corrected chi connectivity index (χ0v) is 9.19. The number of carbonyl (C=O) groups is 2. The summed E-state index contributed by atoms with van der Waals surface area (Å²) in [6.45, 7) is 0. The number of aliphatic carboxylic acids is 2. The van der Waals surface area contributed by atoms with Gasteiger partial charge in [-0.05, 0) is 0 Å². The Hall–Kier alpha value is 1.58. The number of hydrogen-bond donors (Lipinski definition) is 0. The standard InChI is InChI=1S/C2H2O4.Ca.Ce/c3-1(4)2(5)6;;/h(H,3,4)(H,5,6);;/q;+2;/p-2. The molecule has 0 N–H and O–H groups in total. The molecule has 0 aliphatic rings. The van der Waals surface area contributed by atoms with Crippen LogP contribution in [0.25, 0.3) is 0 Å². The van der Waals surface area contributed by atoms with Crippen molar-refractivity contribution in [2.75, 3.05) is 0 Å². The second kappa shape index (κ2) is 8.58. The van der Waals surface area contributed by atoms with Gasteiger partial charge in [0.25, 0.3) is 0 Å². The first kappa shape index (κ1) is 16.3. The minimum absolute atomic E-state index is 0. The average molecular weight is 268 g/mol. The van der Waals surface area contributed by atoms with Gasteiger partial charge in [0.15, 0.2) is 0 Å². The van der Waals surface area contributed by atoms with Crippen molar-refractivity contribution in [3.05, 3.63) is 0 Å². The molecule has 38 valence electrons. The predicted molar refractivity (Wildman–Crippen MR) is 15.8 cm³/mol. The monoisotopic (exact) mass is 268 g/mol. The molecule has 0 bridgehead atoms. The Labute approximate surface area is 109 Å². The van der Waals surface area contributed by atoms with E-state index in [1.165, 1.54) is 0 Å². The number of hydrogen-bond acceptors (Lipinski definition) is 4. The van der Waals surface area contributed by atoms with Crippen LogP contribution < -0.4 is 10.2 Å². The van der Waals surface area contributed by atoms with Gasteiger partial charge in [-0.1, -0.05) is 0 Å². The molecule has 0 aliphatic carbocycles. The van der Waals surface area contributed by atoms with Crippen LogP contribution in [0.15, 0.2) is 0 Å². The van der Waals surface area contributed by atoms with Gasteiger partial charge >= 0.3 is 37.7 Å². The molecule has 0 spiro atoms. The summed E-state index contributed by atoms with van der Waals surface area (Å²) in [7, 11) is 0. The van der Waals surface area contributed by atoms with E-state index in [1.54, 1.807) is 0 Å². The van der Waals surface area contributed by atoms with Crippen molar-refractivity contribution in [3.63, 3.8) is 0 Å². The maximum atomic E-state index is 8.93. The SMILES string of the molecule is O=C([O-])C(=O)[O-].[Ca+2].[Ce]. The summed E-state index contributed by atoms with van der Waals surface area (Å²) in [5.41, 5.74) is 0. The van der Waals surface area contributed by atoms with Gasteiger partial charge in [-0.3, -0.25) is 0 Å². The van der Waals surface area contributed by atoms with Crippen LogP contribution in [-0.2, 0) is 9.59 Å². The molecule has 0 saturated heterocycles. The Morgan fingerprint density at radius 1 is 1.00 bits per heavy atom. The van der Waals surface area contributed by atoms with Crippen LogP contribution in [0.1, 0.15) is 0 Å². The Morgan fingerprint density at radius 3 is 1.12 bits per heavy atom. The van der Waals surface area contributed by atoms with Gasteiger partial charge in [-0.2, -0.15) is 0 Å². The Kier molecular flexibility index (Phi) is 17.5. The van der Waals surface area contributed by atoms with Gasteiger partial charge < -0.3 is 19.8 Å². The molecule has 4 nitrogen and oxygen atoms in total. The van der Waals surface area contributed by atoms with Crippen LogP contribution in [-0.4, -0.2) is 49.7 Å². The van der Waals surface area contributed by atoms with Gasteiger partial charge in [0, 0.05) is 41.7 Å². The fourth-order valence-corrected chi connectivity index (χ4v) is 0. The van der Waals surface area contributed by atoms with E-state index in [0.717, 1.165) is 0 Å². The minimum Gasteiger partial charge on any atom is -0.543 e. The van der Waals surface area contributed by atoms with Crippen molar-refractivity contribution in [1.82, 2.24) is 0 Å². The topological polar surface area (TPSA) is 80.3 Å². The summed E-state index contributed by atoms with van der Waals surface area (Å²) < 4.78 is 0. The first-order valence-electron chi connectivity index (χ1n) is 1.07. The Balaban J connectivity index is -0.000000125. The van der Waals surface area contributed by atoms with E-state index in [-0.39, 0.29) is 79.5 Å². The fraction of sp³-hybridized carbons (Fsp3) is 0. The van der Waals surface area contributed by atoms with Crippen molar-refractivity contribution in [1.29, 1.82) is 0 Å². The van der Waals surface area contributed by atoms with Crippen molar-refractivity contribution in [2.24, 2.45) is 0 Å². The van der Waals surface area contributed by atoms with E-state index in [1.807, 2.05) is 0 Å². The zero-order chi connectivity index (χ0) is 5.15. The molecule has 0 aromatic carbocycles. The summed E-state index contributed by atoms with van der Waals surface area (Å²) in [5, 5.41) is 17.9. The van der Waals surface area contributed by atoms with Gasteiger partial charge in [-0.25, -0.2) is 0 Å². The molecule has 0 heterocycles. The molecular weight excluding hydrogens is 268 g/mol. The van der Waals surface area contributed by atoms with Gasteiger partial charge in [0.05, 0.1) is 11.9 Å². The second-order valence-corrected chi connectivity index (χ2v) is 0.575. The summed E-state index contributed by atoms with van der Waals surface area (Å²) in [5.74, 6) is -4.37. The molecule has 0 aliphatic heterocycles. The van der Waals surface area contributed by atoms with Crippen molar-refractivity contribution in [3.8, 4) is 0 Å². The van der Waals surface area contributed by atoms with Crippen LogP contribution in [0.4, 0.5) is 0 Å². The maximum absolute atomic E-state index is 8.93. The molecule has 0 amide bonds. The second-order valence-electron chi connectivity index (χ2n) is 0.575. The van der Waals surface area contributed by atoms with E-state index in [0.29, 0.717) is 0 Å². The van der Waals surface area contributed by atoms with Crippen LogP contribution in [0, 0.1) is 41.7 Å². The Morgan fingerprint density at radius 2 is 1.12 bits per heavy atom. The molecule has 0 atom stereocenters. The molecule has 0 saturated carbocycles. The number of rotatable bonds is 0. The summed E-state index contributed by atoms with van der Waals surface area (Å²) in [6.07, 6.45) is 0.